The van der Waals surface area contributed by atoms with Gasteiger partial charge >= 0.3 is 0 Å². The lowest BCUT2D eigenvalue weighted by molar-refractivity contribution is 0.0944. The summed E-state index contributed by atoms with van der Waals surface area (Å²) in [6.45, 7) is 2.37. The number of nitrogens with one attached hydrogen (secondary N) is 2. The lowest BCUT2D eigenvalue weighted by Crippen LogP contribution is -2.24. The van der Waals surface area contributed by atoms with Crippen LogP contribution in [-0.2, 0) is 6.54 Å². The SMILES string of the molecule is Cc1cccc(Nc2ccc(C(=O)NCc3ccccn3)nn2)c1. The number of carbonyl (C=O) groups is 1. The monoisotopic (exact) mass is 319 g/mol. The Morgan fingerprint density at radius 2 is 1.96 bits per heavy atom. The van der Waals surface area contributed by atoms with E-state index in [2.05, 4.69) is 25.8 Å². The first kappa shape index (κ1) is 15.6. The van der Waals surface area contributed by atoms with E-state index >= 15 is 0 Å². The van der Waals surface area contributed by atoms with Crippen molar-refractivity contribution >= 4 is 17.4 Å². The van der Waals surface area contributed by atoms with Crippen molar-refractivity contribution in [1.29, 1.82) is 0 Å². The number of hydrogen-bond donors (Lipinski definition) is 2. The minimum absolute atomic E-state index is 0.265. The van der Waals surface area contributed by atoms with Crippen molar-refractivity contribution in [3.05, 3.63) is 77.7 Å². The molecule has 6 heteroatoms. The summed E-state index contributed by atoms with van der Waals surface area (Å²) in [4.78, 5) is 16.2. The van der Waals surface area contributed by atoms with Crippen LogP contribution in [0.15, 0.2) is 60.8 Å². The van der Waals surface area contributed by atoms with Crippen molar-refractivity contribution in [2.45, 2.75) is 13.5 Å². The lowest BCUT2D eigenvalue weighted by Gasteiger charge is -2.07. The molecule has 0 spiro atoms. The number of benzene rings is 1. The Morgan fingerprint density at radius 3 is 2.67 bits per heavy atom. The fourth-order valence-electron chi connectivity index (χ4n) is 2.15. The Kier molecular flexibility index (Phi) is 4.76. The van der Waals surface area contributed by atoms with Crippen molar-refractivity contribution in [3.63, 3.8) is 0 Å². The van der Waals surface area contributed by atoms with Crippen molar-refractivity contribution in [1.82, 2.24) is 20.5 Å². The highest BCUT2D eigenvalue weighted by atomic mass is 16.1. The molecule has 24 heavy (non-hydrogen) atoms. The second kappa shape index (κ2) is 7.32. The van der Waals surface area contributed by atoms with E-state index in [4.69, 9.17) is 0 Å². The largest absolute Gasteiger partial charge is 0.345 e. The van der Waals surface area contributed by atoms with Crippen LogP contribution in [0.4, 0.5) is 11.5 Å². The standard InChI is InChI=1S/C18H17N5O/c1-13-5-4-7-14(11-13)21-17-9-8-16(22-23-17)18(24)20-12-15-6-2-3-10-19-15/h2-11H,12H2,1H3,(H,20,24)(H,21,23). The average Bonchev–Trinajstić information content (AvgIpc) is 2.61. The zero-order valence-electron chi connectivity index (χ0n) is 13.2. The summed E-state index contributed by atoms with van der Waals surface area (Å²) in [7, 11) is 0. The van der Waals surface area contributed by atoms with Crippen molar-refractivity contribution in [2.24, 2.45) is 0 Å². The zero-order chi connectivity index (χ0) is 16.8. The molecule has 0 atom stereocenters. The average molecular weight is 319 g/mol. The molecule has 3 rings (SSSR count). The van der Waals surface area contributed by atoms with Crippen molar-refractivity contribution < 1.29 is 4.79 Å². The number of pyridine rings is 1. The Balaban J connectivity index is 1.60. The van der Waals surface area contributed by atoms with Crippen LogP contribution in [0.25, 0.3) is 0 Å². The first-order chi connectivity index (χ1) is 11.7. The summed E-state index contributed by atoms with van der Waals surface area (Å²) in [6, 6.07) is 16.9. The smallest absolute Gasteiger partial charge is 0.272 e. The highest BCUT2D eigenvalue weighted by Gasteiger charge is 2.08. The number of nitrogens with zero attached hydrogens (tertiary/aromatic N) is 3. The van der Waals surface area contributed by atoms with Gasteiger partial charge in [0.25, 0.3) is 5.91 Å². The van der Waals surface area contributed by atoms with Crippen molar-refractivity contribution in [3.8, 4) is 0 Å². The van der Waals surface area contributed by atoms with Gasteiger partial charge in [0.15, 0.2) is 11.5 Å². The molecule has 1 aromatic carbocycles. The highest BCUT2D eigenvalue weighted by Crippen LogP contribution is 2.15. The van der Waals surface area contributed by atoms with Gasteiger partial charge in [0.2, 0.25) is 0 Å². The second-order valence-corrected chi connectivity index (χ2v) is 5.30. The van der Waals surface area contributed by atoms with Crippen LogP contribution in [-0.4, -0.2) is 21.1 Å². The minimum atomic E-state index is -0.282. The summed E-state index contributed by atoms with van der Waals surface area (Å²) < 4.78 is 0. The number of carbonyl (C=O) groups excluding carboxylic acids is 1. The second-order valence-electron chi connectivity index (χ2n) is 5.30. The van der Waals surface area contributed by atoms with E-state index in [9.17, 15) is 4.79 Å². The molecular formula is C18H17N5O. The zero-order valence-corrected chi connectivity index (χ0v) is 13.2. The topological polar surface area (TPSA) is 79.8 Å². The normalized spacial score (nSPS) is 10.2. The Hall–Kier alpha value is -3.28. The Labute approximate surface area is 140 Å². The van der Waals surface area contributed by atoms with Crippen LogP contribution in [0.3, 0.4) is 0 Å². The fourth-order valence-corrected chi connectivity index (χ4v) is 2.15. The van der Waals surface area contributed by atoms with Gasteiger partial charge in [0, 0.05) is 11.9 Å². The summed E-state index contributed by atoms with van der Waals surface area (Å²) in [6.07, 6.45) is 1.69. The minimum Gasteiger partial charge on any atom is -0.345 e. The molecule has 6 nitrogen and oxygen atoms in total. The van der Waals surface area contributed by atoms with Crippen molar-refractivity contribution in [2.75, 3.05) is 5.32 Å². The number of amides is 1. The van der Waals surface area contributed by atoms with Crippen LogP contribution in [0.2, 0.25) is 0 Å². The van der Waals surface area contributed by atoms with E-state index in [1.807, 2.05) is 49.4 Å². The maximum Gasteiger partial charge on any atom is 0.272 e. The molecule has 2 aromatic heterocycles. The van der Waals surface area contributed by atoms with Crippen LogP contribution in [0.1, 0.15) is 21.7 Å². The third-order valence-corrected chi connectivity index (χ3v) is 3.34. The molecule has 0 fully saturated rings. The molecule has 0 aliphatic carbocycles. The molecule has 0 aliphatic heterocycles. The maximum atomic E-state index is 12.1. The first-order valence-corrected chi connectivity index (χ1v) is 7.56. The van der Waals surface area contributed by atoms with Gasteiger partial charge in [-0.3, -0.25) is 9.78 Å². The van der Waals surface area contributed by atoms with Crippen LogP contribution in [0.5, 0.6) is 0 Å². The molecule has 0 unspecified atom stereocenters. The molecule has 3 aromatic rings. The molecule has 0 bridgehead atoms. The molecule has 0 radical (unpaired) electrons. The van der Waals surface area contributed by atoms with Crippen LogP contribution < -0.4 is 10.6 Å². The third kappa shape index (κ3) is 4.13. The molecule has 2 N–H and O–H groups in total. The summed E-state index contributed by atoms with van der Waals surface area (Å²) in [5.74, 6) is 0.303. The number of aromatic nitrogens is 3. The summed E-state index contributed by atoms with van der Waals surface area (Å²) in [5, 5.41) is 13.9. The molecule has 120 valence electrons. The van der Waals surface area contributed by atoms with Gasteiger partial charge < -0.3 is 10.6 Å². The molecule has 2 heterocycles. The van der Waals surface area contributed by atoms with Gasteiger partial charge in [-0.2, -0.15) is 0 Å². The molecule has 0 aliphatic rings. The lowest BCUT2D eigenvalue weighted by atomic mass is 10.2. The van der Waals surface area contributed by atoms with E-state index in [0.29, 0.717) is 12.4 Å². The molecule has 0 saturated carbocycles. The predicted octanol–water partition coefficient (Wildman–Crippen LogP) is 2.85. The van der Waals surface area contributed by atoms with Crippen LogP contribution >= 0.6 is 0 Å². The highest BCUT2D eigenvalue weighted by molar-refractivity contribution is 5.92. The third-order valence-electron chi connectivity index (χ3n) is 3.34. The summed E-state index contributed by atoms with van der Waals surface area (Å²) in [5.41, 5.74) is 3.13. The first-order valence-electron chi connectivity index (χ1n) is 7.56. The quantitative estimate of drug-likeness (QED) is 0.756. The number of anilines is 2. The number of aryl methyl sites for hydroxylation is 1. The van der Waals surface area contributed by atoms with E-state index in [-0.39, 0.29) is 11.6 Å². The van der Waals surface area contributed by atoms with Gasteiger partial charge in [-0.25, -0.2) is 0 Å². The predicted molar refractivity (Wildman–Crippen MR) is 91.9 cm³/mol. The molecule has 1 amide bonds. The van der Waals surface area contributed by atoms with Crippen LogP contribution in [0, 0.1) is 6.92 Å². The molecule has 0 saturated heterocycles. The molecular weight excluding hydrogens is 302 g/mol. The fraction of sp³-hybridized carbons (Fsp3) is 0.111. The maximum absolute atomic E-state index is 12.1. The van der Waals surface area contributed by atoms with Gasteiger partial charge in [-0.1, -0.05) is 18.2 Å². The van der Waals surface area contributed by atoms with E-state index in [0.717, 1.165) is 16.9 Å². The van der Waals surface area contributed by atoms with Gasteiger partial charge in [-0.05, 0) is 48.9 Å². The Morgan fingerprint density at radius 1 is 1.04 bits per heavy atom. The number of rotatable bonds is 5. The van der Waals surface area contributed by atoms with Gasteiger partial charge in [0.1, 0.15) is 0 Å². The van der Waals surface area contributed by atoms with E-state index in [1.165, 1.54) is 0 Å². The van der Waals surface area contributed by atoms with Gasteiger partial charge in [0.05, 0.1) is 12.2 Å². The summed E-state index contributed by atoms with van der Waals surface area (Å²) >= 11 is 0. The van der Waals surface area contributed by atoms with Gasteiger partial charge in [-0.15, -0.1) is 10.2 Å². The number of hydrogen-bond acceptors (Lipinski definition) is 5. The van der Waals surface area contributed by atoms with E-state index < -0.39 is 0 Å². The van der Waals surface area contributed by atoms with E-state index in [1.54, 1.807) is 18.3 Å². The Bertz CT molecular complexity index is 818.